The highest BCUT2D eigenvalue weighted by Crippen LogP contribution is 2.21. The molecule has 0 amide bonds. The van der Waals surface area contributed by atoms with Crippen LogP contribution in [0.4, 0.5) is 5.69 Å². The minimum absolute atomic E-state index is 0.0745. The first-order valence-corrected chi connectivity index (χ1v) is 6.09. The molecule has 0 aliphatic heterocycles. The number of nitrogens with one attached hydrogen (secondary N) is 1. The highest BCUT2D eigenvalue weighted by molar-refractivity contribution is 5.54. The standard InChI is InChI=1S/C13H22N2O3/c1-17-13-3-2-11(10-12(13)14)4-5-15-6-8-18-9-7-16/h2-3,10,15-16H,4-9,14H2,1H3. The summed E-state index contributed by atoms with van der Waals surface area (Å²) in [6.07, 6.45) is 0.911. The van der Waals surface area contributed by atoms with Crippen molar-refractivity contribution in [3.63, 3.8) is 0 Å². The molecule has 1 rings (SSSR count). The average Bonchev–Trinajstić information content (AvgIpc) is 2.38. The Balaban J connectivity index is 2.17. The van der Waals surface area contributed by atoms with Crippen molar-refractivity contribution in [3.8, 4) is 5.75 Å². The maximum absolute atomic E-state index is 8.52. The van der Waals surface area contributed by atoms with Gasteiger partial charge in [0.25, 0.3) is 0 Å². The van der Waals surface area contributed by atoms with E-state index in [0.29, 0.717) is 24.7 Å². The van der Waals surface area contributed by atoms with Crippen LogP contribution in [0.2, 0.25) is 0 Å². The van der Waals surface area contributed by atoms with Crippen LogP contribution in [0.15, 0.2) is 18.2 Å². The summed E-state index contributed by atoms with van der Waals surface area (Å²) in [6, 6.07) is 5.83. The van der Waals surface area contributed by atoms with Gasteiger partial charge >= 0.3 is 0 Å². The quantitative estimate of drug-likeness (QED) is 0.440. The second-order valence-electron chi connectivity index (χ2n) is 3.91. The van der Waals surface area contributed by atoms with E-state index in [1.807, 2.05) is 18.2 Å². The number of aliphatic hydroxyl groups is 1. The Morgan fingerprint density at radius 3 is 2.78 bits per heavy atom. The fourth-order valence-electron chi connectivity index (χ4n) is 1.61. The van der Waals surface area contributed by atoms with Crippen molar-refractivity contribution in [2.24, 2.45) is 0 Å². The van der Waals surface area contributed by atoms with E-state index in [9.17, 15) is 0 Å². The van der Waals surface area contributed by atoms with Gasteiger partial charge in [0.1, 0.15) is 5.75 Å². The summed E-state index contributed by atoms with van der Waals surface area (Å²) >= 11 is 0. The first-order chi connectivity index (χ1) is 8.77. The Hall–Kier alpha value is -1.30. The summed E-state index contributed by atoms with van der Waals surface area (Å²) < 4.78 is 10.2. The van der Waals surface area contributed by atoms with Crippen LogP contribution < -0.4 is 15.8 Å². The minimum Gasteiger partial charge on any atom is -0.495 e. The summed E-state index contributed by atoms with van der Waals surface area (Å²) in [6.45, 7) is 2.74. The molecule has 0 saturated heterocycles. The van der Waals surface area contributed by atoms with Crippen LogP contribution in [0, 0.1) is 0 Å². The van der Waals surface area contributed by atoms with Crippen molar-refractivity contribution in [1.82, 2.24) is 5.32 Å². The van der Waals surface area contributed by atoms with Crippen molar-refractivity contribution in [2.75, 3.05) is 45.8 Å². The molecule has 0 aliphatic rings. The highest BCUT2D eigenvalue weighted by Gasteiger charge is 2.00. The van der Waals surface area contributed by atoms with Gasteiger partial charge in [-0.25, -0.2) is 0 Å². The van der Waals surface area contributed by atoms with Crippen molar-refractivity contribution in [2.45, 2.75) is 6.42 Å². The van der Waals surface area contributed by atoms with Gasteiger partial charge in [0, 0.05) is 6.54 Å². The average molecular weight is 254 g/mol. The van der Waals surface area contributed by atoms with E-state index in [4.69, 9.17) is 20.3 Å². The molecule has 102 valence electrons. The van der Waals surface area contributed by atoms with Crippen molar-refractivity contribution < 1.29 is 14.6 Å². The fraction of sp³-hybridized carbons (Fsp3) is 0.538. The van der Waals surface area contributed by atoms with Crippen molar-refractivity contribution in [3.05, 3.63) is 23.8 Å². The van der Waals surface area contributed by atoms with Gasteiger partial charge in [-0.05, 0) is 30.7 Å². The van der Waals surface area contributed by atoms with Gasteiger partial charge in [-0.3, -0.25) is 0 Å². The van der Waals surface area contributed by atoms with Crippen molar-refractivity contribution in [1.29, 1.82) is 0 Å². The van der Waals surface area contributed by atoms with E-state index < -0.39 is 0 Å². The zero-order valence-corrected chi connectivity index (χ0v) is 10.8. The lowest BCUT2D eigenvalue weighted by Crippen LogP contribution is -2.22. The summed E-state index contributed by atoms with van der Waals surface area (Å²) in [4.78, 5) is 0. The van der Waals surface area contributed by atoms with Gasteiger partial charge in [-0.15, -0.1) is 0 Å². The molecule has 0 heterocycles. The van der Waals surface area contributed by atoms with Crippen LogP contribution in [0.5, 0.6) is 5.75 Å². The summed E-state index contributed by atoms with van der Waals surface area (Å²) in [5, 5.41) is 11.8. The zero-order chi connectivity index (χ0) is 13.2. The Morgan fingerprint density at radius 2 is 2.11 bits per heavy atom. The van der Waals surface area contributed by atoms with E-state index >= 15 is 0 Å². The molecule has 0 aliphatic carbocycles. The van der Waals surface area contributed by atoms with Gasteiger partial charge in [0.05, 0.1) is 32.6 Å². The van der Waals surface area contributed by atoms with Crippen LogP contribution in [0.1, 0.15) is 5.56 Å². The molecule has 0 aromatic heterocycles. The number of rotatable bonds is 9. The topological polar surface area (TPSA) is 76.7 Å². The number of hydrogen-bond acceptors (Lipinski definition) is 5. The van der Waals surface area contributed by atoms with Crippen LogP contribution in [-0.2, 0) is 11.2 Å². The van der Waals surface area contributed by atoms with E-state index in [1.165, 1.54) is 5.56 Å². The maximum atomic E-state index is 8.52. The zero-order valence-electron chi connectivity index (χ0n) is 10.8. The molecular weight excluding hydrogens is 232 g/mol. The molecule has 5 nitrogen and oxygen atoms in total. The SMILES string of the molecule is COc1ccc(CCNCCOCCO)cc1N. The largest absolute Gasteiger partial charge is 0.495 e. The smallest absolute Gasteiger partial charge is 0.141 e. The van der Waals surface area contributed by atoms with Crippen LogP contribution >= 0.6 is 0 Å². The first kappa shape index (κ1) is 14.8. The lowest BCUT2D eigenvalue weighted by molar-refractivity contribution is 0.0940. The van der Waals surface area contributed by atoms with Crippen LogP contribution in [0.25, 0.3) is 0 Å². The highest BCUT2D eigenvalue weighted by atomic mass is 16.5. The van der Waals surface area contributed by atoms with E-state index in [1.54, 1.807) is 7.11 Å². The second-order valence-corrected chi connectivity index (χ2v) is 3.91. The number of ether oxygens (including phenoxy) is 2. The second kappa shape index (κ2) is 8.74. The van der Waals surface area contributed by atoms with Crippen LogP contribution in [-0.4, -0.2) is 45.1 Å². The van der Waals surface area contributed by atoms with Gasteiger partial charge in [-0.1, -0.05) is 6.07 Å². The third-order valence-corrected chi connectivity index (χ3v) is 2.54. The molecular formula is C13H22N2O3. The number of nitrogen functional groups attached to an aromatic ring is 1. The normalized spacial score (nSPS) is 10.6. The predicted molar refractivity (Wildman–Crippen MR) is 71.9 cm³/mol. The first-order valence-electron chi connectivity index (χ1n) is 6.09. The third-order valence-electron chi connectivity index (χ3n) is 2.54. The fourth-order valence-corrected chi connectivity index (χ4v) is 1.61. The number of methoxy groups -OCH3 is 1. The molecule has 0 radical (unpaired) electrons. The molecule has 1 aromatic rings. The number of nitrogens with two attached hydrogens (primary N) is 1. The molecule has 0 spiro atoms. The van der Waals surface area contributed by atoms with Gasteiger partial charge in [0.2, 0.25) is 0 Å². The predicted octanol–water partition coefficient (Wildman–Crippen LogP) is 0.418. The molecule has 4 N–H and O–H groups in total. The lowest BCUT2D eigenvalue weighted by atomic mass is 10.1. The van der Waals surface area contributed by atoms with Gasteiger partial charge in [-0.2, -0.15) is 0 Å². The Labute approximate surface area is 108 Å². The monoisotopic (exact) mass is 254 g/mol. The molecule has 0 unspecified atom stereocenters. The Kier molecular flexibility index (Phi) is 7.17. The molecule has 18 heavy (non-hydrogen) atoms. The summed E-state index contributed by atoms with van der Waals surface area (Å²) in [7, 11) is 1.61. The Morgan fingerprint density at radius 1 is 1.28 bits per heavy atom. The van der Waals surface area contributed by atoms with Crippen LogP contribution in [0.3, 0.4) is 0 Å². The molecule has 0 atom stereocenters. The summed E-state index contributed by atoms with van der Waals surface area (Å²) in [5.41, 5.74) is 7.67. The molecule has 0 bridgehead atoms. The van der Waals surface area contributed by atoms with E-state index in [0.717, 1.165) is 19.5 Å². The maximum Gasteiger partial charge on any atom is 0.141 e. The van der Waals surface area contributed by atoms with E-state index in [2.05, 4.69) is 5.32 Å². The number of benzene rings is 1. The molecule has 1 aromatic carbocycles. The number of anilines is 1. The van der Waals surface area contributed by atoms with Gasteiger partial charge in [0.15, 0.2) is 0 Å². The molecule has 0 fully saturated rings. The number of hydrogen-bond donors (Lipinski definition) is 3. The molecule has 0 saturated carbocycles. The van der Waals surface area contributed by atoms with E-state index in [-0.39, 0.29) is 6.61 Å². The summed E-state index contributed by atoms with van der Waals surface area (Å²) in [5.74, 6) is 0.712. The van der Waals surface area contributed by atoms with Crippen molar-refractivity contribution >= 4 is 5.69 Å². The minimum atomic E-state index is 0.0745. The third kappa shape index (κ3) is 5.35. The Bertz CT molecular complexity index is 345. The number of aliphatic hydroxyl groups excluding tert-OH is 1. The van der Waals surface area contributed by atoms with Gasteiger partial charge < -0.3 is 25.6 Å². The molecule has 5 heteroatoms. The lowest BCUT2D eigenvalue weighted by Gasteiger charge is -2.08.